The van der Waals surface area contributed by atoms with Gasteiger partial charge in [-0.2, -0.15) is 5.26 Å². The van der Waals surface area contributed by atoms with Crippen molar-refractivity contribution in [3.8, 4) is 6.07 Å². The molecule has 1 fully saturated rings. The van der Waals surface area contributed by atoms with Crippen molar-refractivity contribution in [2.75, 3.05) is 20.3 Å². The van der Waals surface area contributed by atoms with Crippen molar-refractivity contribution in [3.63, 3.8) is 0 Å². The Morgan fingerprint density at radius 3 is 2.76 bits per heavy atom. The smallest absolute Gasteiger partial charge is 0.242 e. The number of rotatable bonds is 7. The number of benzene rings is 1. The standard InChI is InChI=1S/C14H17ClN2O3S/c1-20-7-6-14(4-5-14)10-17-21(18,19)13-8-11(9-16)2-3-12(13)15/h2-3,8,17H,4-7,10H2,1H3. The van der Waals surface area contributed by atoms with E-state index < -0.39 is 10.0 Å². The summed E-state index contributed by atoms with van der Waals surface area (Å²) in [6, 6.07) is 6.11. The largest absolute Gasteiger partial charge is 0.385 e. The Bertz CT molecular complexity index is 663. The molecule has 21 heavy (non-hydrogen) atoms. The van der Waals surface area contributed by atoms with Gasteiger partial charge in [0, 0.05) is 20.3 Å². The van der Waals surface area contributed by atoms with E-state index in [1.165, 1.54) is 18.2 Å². The molecular formula is C14H17ClN2O3S. The van der Waals surface area contributed by atoms with Crippen LogP contribution in [0.4, 0.5) is 0 Å². The number of hydrogen-bond acceptors (Lipinski definition) is 4. The minimum Gasteiger partial charge on any atom is -0.385 e. The maximum Gasteiger partial charge on any atom is 0.242 e. The van der Waals surface area contributed by atoms with Gasteiger partial charge in [0.2, 0.25) is 10.0 Å². The zero-order chi connectivity index (χ0) is 15.5. The van der Waals surface area contributed by atoms with Crippen molar-refractivity contribution in [1.82, 2.24) is 4.72 Å². The molecule has 0 atom stereocenters. The van der Waals surface area contributed by atoms with Gasteiger partial charge >= 0.3 is 0 Å². The lowest BCUT2D eigenvalue weighted by Crippen LogP contribution is -2.31. The monoisotopic (exact) mass is 328 g/mol. The van der Waals surface area contributed by atoms with Gasteiger partial charge in [0.15, 0.2) is 0 Å². The van der Waals surface area contributed by atoms with Crippen LogP contribution in [0.1, 0.15) is 24.8 Å². The molecule has 1 aromatic rings. The molecule has 7 heteroatoms. The molecule has 0 saturated heterocycles. The van der Waals surface area contributed by atoms with Gasteiger partial charge < -0.3 is 4.74 Å². The Labute approximate surface area is 129 Å². The van der Waals surface area contributed by atoms with Gasteiger partial charge in [-0.15, -0.1) is 0 Å². The van der Waals surface area contributed by atoms with E-state index in [2.05, 4.69) is 4.72 Å². The van der Waals surface area contributed by atoms with Crippen molar-refractivity contribution < 1.29 is 13.2 Å². The number of hydrogen-bond donors (Lipinski definition) is 1. The molecule has 0 unspecified atom stereocenters. The van der Waals surface area contributed by atoms with Gasteiger partial charge in [-0.1, -0.05) is 11.6 Å². The van der Waals surface area contributed by atoms with E-state index in [1.54, 1.807) is 7.11 Å². The highest BCUT2D eigenvalue weighted by Gasteiger charge is 2.42. The first kappa shape index (κ1) is 16.2. The number of halogens is 1. The van der Waals surface area contributed by atoms with Crippen molar-refractivity contribution in [3.05, 3.63) is 28.8 Å². The van der Waals surface area contributed by atoms with Crippen LogP contribution in [0.2, 0.25) is 5.02 Å². The highest BCUT2D eigenvalue weighted by molar-refractivity contribution is 7.89. The summed E-state index contributed by atoms with van der Waals surface area (Å²) in [4.78, 5) is -0.0502. The Kier molecular flexibility index (Phi) is 4.89. The van der Waals surface area contributed by atoms with E-state index in [0.29, 0.717) is 13.2 Å². The molecule has 1 saturated carbocycles. The summed E-state index contributed by atoms with van der Waals surface area (Å²) in [6.07, 6.45) is 2.81. The number of methoxy groups -OCH3 is 1. The first-order chi connectivity index (χ1) is 9.92. The second kappa shape index (κ2) is 6.32. The van der Waals surface area contributed by atoms with Crippen LogP contribution in [0.5, 0.6) is 0 Å². The molecule has 0 bridgehead atoms. The third-order valence-electron chi connectivity index (χ3n) is 3.78. The minimum atomic E-state index is -3.72. The first-order valence-electron chi connectivity index (χ1n) is 6.61. The van der Waals surface area contributed by atoms with E-state index in [4.69, 9.17) is 21.6 Å². The molecule has 1 aromatic carbocycles. The van der Waals surface area contributed by atoms with Crippen LogP contribution in [0.15, 0.2) is 23.1 Å². The molecule has 0 amide bonds. The average molecular weight is 329 g/mol. The summed E-state index contributed by atoms with van der Waals surface area (Å²) in [5.74, 6) is 0. The fourth-order valence-electron chi connectivity index (χ4n) is 2.12. The van der Waals surface area contributed by atoms with Crippen LogP contribution in [0.3, 0.4) is 0 Å². The Balaban J connectivity index is 2.11. The average Bonchev–Trinajstić information content (AvgIpc) is 3.24. The highest BCUT2D eigenvalue weighted by atomic mass is 35.5. The normalized spacial score (nSPS) is 16.4. The Hall–Kier alpha value is -1.13. The topological polar surface area (TPSA) is 79.2 Å². The van der Waals surface area contributed by atoms with Crippen LogP contribution in [-0.4, -0.2) is 28.7 Å². The molecule has 5 nitrogen and oxygen atoms in total. The summed E-state index contributed by atoms with van der Waals surface area (Å²) in [6.45, 7) is 0.984. The molecule has 0 aromatic heterocycles. The Morgan fingerprint density at radius 2 is 2.19 bits per heavy atom. The fourth-order valence-corrected chi connectivity index (χ4v) is 3.80. The van der Waals surface area contributed by atoms with Crippen molar-refractivity contribution >= 4 is 21.6 Å². The van der Waals surface area contributed by atoms with E-state index in [0.717, 1.165) is 19.3 Å². The molecule has 0 spiro atoms. The first-order valence-corrected chi connectivity index (χ1v) is 8.47. The zero-order valence-corrected chi connectivity index (χ0v) is 13.3. The van der Waals surface area contributed by atoms with Crippen LogP contribution in [0, 0.1) is 16.7 Å². The highest BCUT2D eigenvalue weighted by Crippen LogP contribution is 2.48. The van der Waals surface area contributed by atoms with Crippen LogP contribution >= 0.6 is 11.6 Å². The van der Waals surface area contributed by atoms with E-state index in [1.807, 2.05) is 6.07 Å². The Morgan fingerprint density at radius 1 is 1.48 bits per heavy atom. The van der Waals surface area contributed by atoms with Gasteiger partial charge in [0.05, 0.1) is 16.7 Å². The summed E-state index contributed by atoms with van der Waals surface area (Å²) in [5.41, 5.74) is 0.267. The lowest BCUT2D eigenvalue weighted by Gasteiger charge is -2.16. The quantitative estimate of drug-likeness (QED) is 0.833. The molecule has 2 rings (SSSR count). The van der Waals surface area contributed by atoms with Gasteiger partial charge in [-0.05, 0) is 42.9 Å². The van der Waals surface area contributed by atoms with Crippen LogP contribution < -0.4 is 4.72 Å². The fraction of sp³-hybridized carbons (Fsp3) is 0.500. The number of ether oxygens (including phenoxy) is 1. The molecule has 0 aliphatic heterocycles. The number of nitrogens with one attached hydrogen (secondary N) is 1. The maximum atomic E-state index is 12.3. The van der Waals surface area contributed by atoms with Crippen molar-refractivity contribution in [1.29, 1.82) is 5.26 Å². The molecule has 0 radical (unpaired) electrons. The minimum absolute atomic E-state index is 0.00238. The molecule has 114 valence electrons. The van der Waals surface area contributed by atoms with Gasteiger partial charge in [0.25, 0.3) is 0 Å². The van der Waals surface area contributed by atoms with E-state index in [-0.39, 0.29) is 20.9 Å². The van der Waals surface area contributed by atoms with Crippen molar-refractivity contribution in [2.24, 2.45) is 5.41 Å². The summed E-state index contributed by atoms with van der Waals surface area (Å²) in [7, 11) is -2.08. The number of sulfonamides is 1. The third-order valence-corrected chi connectivity index (χ3v) is 5.66. The van der Waals surface area contributed by atoms with Gasteiger partial charge in [-0.3, -0.25) is 0 Å². The lowest BCUT2D eigenvalue weighted by atomic mass is 10.0. The predicted molar refractivity (Wildman–Crippen MR) is 79.5 cm³/mol. The maximum absolute atomic E-state index is 12.3. The second-order valence-electron chi connectivity index (χ2n) is 5.32. The van der Waals surface area contributed by atoms with Gasteiger partial charge in [0.1, 0.15) is 4.90 Å². The molecule has 1 aliphatic rings. The van der Waals surface area contributed by atoms with Crippen molar-refractivity contribution in [2.45, 2.75) is 24.2 Å². The van der Waals surface area contributed by atoms with Crippen LogP contribution in [0.25, 0.3) is 0 Å². The molecular weight excluding hydrogens is 312 g/mol. The van der Waals surface area contributed by atoms with E-state index in [9.17, 15) is 8.42 Å². The number of nitriles is 1. The SMILES string of the molecule is COCCC1(CNS(=O)(=O)c2cc(C#N)ccc2Cl)CC1. The summed E-state index contributed by atoms with van der Waals surface area (Å²) in [5, 5.41) is 8.98. The lowest BCUT2D eigenvalue weighted by molar-refractivity contribution is 0.173. The molecule has 1 N–H and O–H groups in total. The van der Waals surface area contributed by atoms with Crippen LogP contribution in [-0.2, 0) is 14.8 Å². The summed E-state index contributed by atoms with van der Waals surface area (Å²) >= 11 is 5.94. The number of nitrogens with zero attached hydrogens (tertiary/aromatic N) is 1. The molecule has 0 heterocycles. The summed E-state index contributed by atoms with van der Waals surface area (Å²) < 4.78 is 32.3. The second-order valence-corrected chi connectivity index (χ2v) is 7.47. The molecule has 1 aliphatic carbocycles. The van der Waals surface area contributed by atoms with E-state index >= 15 is 0 Å². The third kappa shape index (κ3) is 3.95. The van der Waals surface area contributed by atoms with Gasteiger partial charge in [-0.25, -0.2) is 13.1 Å². The zero-order valence-electron chi connectivity index (χ0n) is 11.7. The predicted octanol–water partition coefficient (Wildman–Crippen LogP) is 2.31.